The van der Waals surface area contributed by atoms with E-state index in [-0.39, 0.29) is 0 Å². The molecule has 0 saturated heterocycles. The minimum absolute atomic E-state index is 0.516. The van der Waals surface area contributed by atoms with Crippen molar-refractivity contribution in [1.29, 1.82) is 5.26 Å². The number of nitrogens with zero attached hydrogens (tertiary/aromatic N) is 1. The summed E-state index contributed by atoms with van der Waals surface area (Å²) in [6.45, 7) is 0. The third kappa shape index (κ3) is 3.09. The number of rotatable bonds is 5. The highest BCUT2D eigenvalue weighted by Crippen LogP contribution is 2.31. The first-order chi connectivity index (χ1) is 10.2. The summed E-state index contributed by atoms with van der Waals surface area (Å²) in [6.07, 6.45) is 0.570. The van der Waals surface area contributed by atoms with Gasteiger partial charge in [-0.05, 0) is 23.3 Å². The second-order valence-electron chi connectivity index (χ2n) is 4.46. The Bertz CT molecular complexity index is 674. The third-order valence-corrected chi connectivity index (χ3v) is 3.30. The fourth-order valence-electron chi connectivity index (χ4n) is 2.24. The SMILES string of the molecule is COc1cc(Cc2ccccc2OC)c(C#N)c(OC)c1. The van der Waals surface area contributed by atoms with Gasteiger partial charge in [0.2, 0.25) is 0 Å². The van der Waals surface area contributed by atoms with Crippen molar-refractivity contribution < 1.29 is 14.2 Å². The maximum Gasteiger partial charge on any atom is 0.140 e. The highest BCUT2D eigenvalue weighted by Gasteiger charge is 2.14. The summed E-state index contributed by atoms with van der Waals surface area (Å²) in [5.74, 6) is 1.97. The van der Waals surface area contributed by atoms with E-state index >= 15 is 0 Å². The molecule has 108 valence electrons. The van der Waals surface area contributed by atoms with E-state index in [0.29, 0.717) is 23.5 Å². The lowest BCUT2D eigenvalue weighted by molar-refractivity contribution is 0.392. The van der Waals surface area contributed by atoms with Gasteiger partial charge in [-0.3, -0.25) is 0 Å². The molecular formula is C17H17NO3. The van der Waals surface area contributed by atoms with Crippen molar-refractivity contribution in [3.8, 4) is 23.3 Å². The van der Waals surface area contributed by atoms with Crippen molar-refractivity contribution >= 4 is 0 Å². The van der Waals surface area contributed by atoms with Gasteiger partial charge in [0, 0.05) is 12.5 Å². The molecule has 2 rings (SSSR count). The Morgan fingerprint density at radius 3 is 2.24 bits per heavy atom. The predicted molar refractivity (Wildman–Crippen MR) is 80.1 cm³/mol. The van der Waals surface area contributed by atoms with E-state index in [0.717, 1.165) is 16.9 Å². The lowest BCUT2D eigenvalue weighted by atomic mass is 9.98. The average Bonchev–Trinajstić information content (AvgIpc) is 2.54. The quantitative estimate of drug-likeness (QED) is 0.845. The Labute approximate surface area is 124 Å². The first-order valence-electron chi connectivity index (χ1n) is 6.50. The van der Waals surface area contributed by atoms with Crippen LogP contribution in [-0.2, 0) is 6.42 Å². The van der Waals surface area contributed by atoms with Gasteiger partial charge in [-0.25, -0.2) is 0 Å². The molecule has 0 aromatic heterocycles. The Balaban J connectivity index is 2.50. The summed E-state index contributed by atoms with van der Waals surface area (Å²) in [4.78, 5) is 0. The van der Waals surface area contributed by atoms with Crippen LogP contribution >= 0.6 is 0 Å². The van der Waals surface area contributed by atoms with E-state index in [1.165, 1.54) is 0 Å². The molecule has 0 heterocycles. The van der Waals surface area contributed by atoms with Gasteiger partial charge >= 0.3 is 0 Å². The average molecular weight is 283 g/mol. The molecule has 4 nitrogen and oxygen atoms in total. The molecule has 0 fully saturated rings. The second kappa shape index (κ2) is 6.67. The molecule has 0 atom stereocenters. The van der Waals surface area contributed by atoms with Crippen molar-refractivity contribution in [2.24, 2.45) is 0 Å². The molecule has 0 amide bonds. The van der Waals surface area contributed by atoms with Crippen LogP contribution in [0.25, 0.3) is 0 Å². The number of hydrogen-bond acceptors (Lipinski definition) is 4. The zero-order valence-corrected chi connectivity index (χ0v) is 12.3. The number of methoxy groups -OCH3 is 3. The second-order valence-corrected chi connectivity index (χ2v) is 4.46. The molecule has 4 heteroatoms. The summed E-state index contributed by atoms with van der Waals surface area (Å²) in [5.41, 5.74) is 2.37. The molecule has 0 aliphatic rings. The van der Waals surface area contributed by atoms with Gasteiger partial charge in [-0.2, -0.15) is 5.26 Å². The number of benzene rings is 2. The highest BCUT2D eigenvalue weighted by atomic mass is 16.5. The molecular weight excluding hydrogens is 266 g/mol. The standard InChI is InChI=1S/C17H17NO3/c1-19-14-9-13(15(11-18)17(10-14)21-3)8-12-6-4-5-7-16(12)20-2/h4-7,9-10H,8H2,1-3H3. The normalized spacial score (nSPS) is 9.81. The lowest BCUT2D eigenvalue weighted by Gasteiger charge is -2.13. The zero-order chi connectivity index (χ0) is 15.2. The summed E-state index contributed by atoms with van der Waals surface area (Å²) < 4.78 is 15.9. The van der Waals surface area contributed by atoms with Crippen LogP contribution in [0, 0.1) is 11.3 Å². The number of nitriles is 1. The van der Waals surface area contributed by atoms with Crippen molar-refractivity contribution in [2.75, 3.05) is 21.3 Å². The Kier molecular flexibility index (Phi) is 4.68. The predicted octanol–water partition coefficient (Wildman–Crippen LogP) is 3.17. The van der Waals surface area contributed by atoms with E-state index in [9.17, 15) is 5.26 Å². The first-order valence-corrected chi connectivity index (χ1v) is 6.50. The Hall–Kier alpha value is -2.67. The summed E-state index contributed by atoms with van der Waals surface area (Å²) in [7, 11) is 4.77. The van der Waals surface area contributed by atoms with Crippen LogP contribution in [0.15, 0.2) is 36.4 Å². The summed E-state index contributed by atoms with van der Waals surface area (Å²) in [5, 5.41) is 9.40. The third-order valence-electron chi connectivity index (χ3n) is 3.30. The molecule has 0 aliphatic carbocycles. The molecule has 21 heavy (non-hydrogen) atoms. The van der Waals surface area contributed by atoms with Crippen LogP contribution in [-0.4, -0.2) is 21.3 Å². The Morgan fingerprint density at radius 1 is 0.905 bits per heavy atom. The van der Waals surface area contributed by atoms with Gasteiger partial charge in [-0.15, -0.1) is 0 Å². The van der Waals surface area contributed by atoms with E-state index in [1.54, 1.807) is 27.4 Å². The van der Waals surface area contributed by atoms with E-state index in [2.05, 4.69) is 6.07 Å². The van der Waals surface area contributed by atoms with Crippen molar-refractivity contribution in [3.63, 3.8) is 0 Å². The monoisotopic (exact) mass is 283 g/mol. The highest BCUT2D eigenvalue weighted by molar-refractivity contribution is 5.55. The molecule has 0 radical (unpaired) electrons. The van der Waals surface area contributed by atoms with Gasteiger partial charge in [0.25, 0.3) is 0 Å². The Morgan fingerprint density at radius 2 is 1.62 bits per heavy atom. The fraction of sp³-hybridized carbons (Fsp3) is 0.235. The van der Waals surface area contributed by atoms with Gasteiger partial charge in [0.05, 0.1) is 26.9 Å². The van der Waals surface area contributed by atoms with Crippen LogP contribution in [0.5, 0.6) is 17.2 Å². The molecule has 0 unspecified atom stereocenters. The smallest absolute Gasteiger partial charge is 0.140 e. The molecule has 0 saturated carbocycles. The molecule has 2 aromatic rings. The summed E-state index contributed by atoms with van der Waals surface area (Å²) in [6, 6.07) is 13.5. The van der Waals surface area contributed by atoms with Crippen LogP contribution in [0.3, 0.4) is 0 Å². The minimum atomic E-state index is 0.516. The van der Waals surface area contributed by atoms with E-state index in [4.69, 9.17) is 14.2 Å². The first kappa shape index (κ1) is 14.7. The maximum absolute atomic E-state index is 9.40. The van der Waals surface area contributed by atoms with Crippen LogP contribution in [0.2, 0.25) is 0 Å². The van der Waals surface area contributed by atoms with Gasteiger partial charge in [0.1, 0.15) is 23.3 Å². The fourth-order valence-corrected chi connectivity index (χ4v) is 2.24. The number of hydrogen-bond donors (Lipinski definition) is 0. The van der Waals surface area contributed by atoms with Gasteiger partial charge in [0.15, 0.2) is 0 Å². The van der Waals surface area contributed by atoms with Crippen molar-refractivity contribution in [2.45, 2.75) is 6.42 Å². The van der Waals surface area contributed by atoms with Crippen LogP contribution in [0.4, 0.5) is 0 Å². The molecule has 0 bridgehead atoms. The summed E-state index contributed by atoms with van der Waals surface area (Å²) >= 11 is 0. The van der Waals surface area contributed by atoms with Crippen LogP contribution < -0.4 is 14.2 Å². The maximum atomic E-state index is 9.40. The van der Waals surface area contributed by atoms with E-state index < -0.39 is 0 Å². The minimum Gasteiger partial charge on any atom is -0.497 e. The molecule has 0 N–H and O–H groups in total. The molecule has 0 aliphatic heterocycles. The van der Waals surface area contributed by atoms with E-state index in [1.807, 2.05) is 30.3 Å². The lowest BCUT2D eigenvalue weighted by Crippen LogP contribution is -2.00. The number of para-hydroxylation sites is 1. The van der Waals surface area contributed by atoms with Gasteiger partial charge < -0.3 is 14.2 Å². The van der Waals surface area contributed by atoms with Crippen molar-refractivity contribution in [3.05, 3.63) is 53.1 Å². The van der Waals surface area contributed by atoms with Crippen LogP contribution in [0.1, 0.15) is 16.7 Å². The molecule has 2 aromatic carbocycles. The van der Waals surface area contributed by atoms with Crippen molar-refractivity contribution in [1.82, 2.24) is 0 Å². The van der Waals surface area contributed by atoms with Gasteiger partial charge in [-0.1, -0.05) is 18.2 Å². The largest absolute Gasteiger partial charge is 0.497 e. The number of ether oxygens (including phenoxy) is 3. The zero-order valence-electron chi connectivity index (χ0n) is 12.3. The molecule has 0 spiro atoms. The topological polar surface area (TPSA) is 51.5 Å².